The van der Waals surface area contributed by atoms with Crippen LogP contribution in [0.4, 0.5) is 16.2 Å². The first kappa shape index (κ1) is 26.3. The number of benzene rings is 1. The smallest absolute Gasteiger partial charge is 0.323 e. The van der Waals surface area contributed by atoms with Gasteiger partial charge < -0.3 is 25.8 Å². The summed E-state index contributed by atoms with van der Waals surface area (Å²) < 4.78 is 0. The highest BCUT2D eigenvalue weighted by molar-refractivity contribution is 6.31. The zero-order valence-corrected chi connectivity index (χ0v) is 20.7. The number of urea groups is 1. The topological polar surface area (TPSA) is 106 Å². The van der Waals surface area contributed by atoms with Crippen LogP contribution in [0.25, 0.3) is 0 Å². The molecule has 0 saturated carbocycles. The number of anilines is 2. The average molecular weight is 476 g/mol. The molecule has 0 fully saturated rings. The number of aromatic amines is 1. The molecule has 180 valence electrons. The van der Waals surface area contributed by atoms with E-state index in [4.69, 9.17) is 11.6 Å². The molecule has 9 heteroatoms. The lowest BCUT2D eigenvalue weighted by Crippen LogP contribution is -2.38. The molecule has 4 amide bonds. The highest BCUT2D eigenvalue weighted by Gasteiger charge is 2.23. The molecule has 1 aromatic carbocycles. The minimum atomic E-state index is -0.422. The molecule has 0 aliphatic carbocycles. The Kier molecular flexibility index (Phi) is 9.34. The van der Waals surface area contributed by atoms with E-state index in [-0.39, 0.29) is 17.7 Å². The quantitative estimate of drug-likeness (QED) is 0.301. The molecule has 0 bridgehead atoms. The molecule has 1 heterocycles. The van der Waals surface area contributed by atoms with Gasteiger partial charge in [0.1, 0.15) is 0 Å². The van der Waals surface area contributed by atoms with Gasteiger partial charge in [0.05, 0.1) is 12.1 Å². The third kappa shape index (κ3) is 7.53. The minimum Gasteiger partial charge on any atom is -0.360 e. The van der Waals surface area contributed by atoms with Gasteiger partial charge in [0.15, 0.2) is 0 Å². The van der Waals surface area contributed by atoms with Crippen LogP contribution in [0.5, 0.6) is 0 Å². The predicted molar refractivity (Wildman–Crippen MR) is 133 cm³/mol. The number of rotatable bonds is 10. The van der Waals surface area contributed by atoms with Crippen molar-refractivity contribution >= 4 is 41.3 Å². The van der Waals surface area contributed by atoms with Crippen LogP contribution in [-0.2, 0) is 21.4 Å². The van der Waals surface area contributed by atoms with E-state index in [0.717, 1.165) is 17.7 Å². The lowest BCUT2D eigenvalue weighted by Gasteiger charge is -2.22. The first-order valence-corrected chi connectivity index (χ1v) is 11.4. The monoisotopic (exact) mass is 475 g/mol. The molecule has 0 aliphatic heterocycles. The molecule has 33 heavy (non-hydrogen) atoms. The normalized spacial score (nSPS) is 11.1. The maximum atomic E-state index is 13.0. The molecule has 0 saturated heterocycles. The highest BCUT2D eigenvalue weighted by atomic mass is 35.5. The Morgan fingerprint density at radius 3 is 2.48 bits per heavy atom. The fraction of sp³-hybridized carbons (Fsp3) is 0.458. The van der Waals surface area contributed by atoms with Crippen molar-refractivity contribution < 1.29 is 14.4 Å². The predicted octanol–water partition coefficient (Wildman–Crippen LogP) is 4.45. The average Bonchev–Trinajstić information content (AvgIpc) is 3.13. The molecular formula is C24H34ClN5O3. The summed E-state index contributed by atoms with van der Waals surface area (Å²) >= 11 is 6.15. The van der Waals surface area contributed by atoms with Crippen molar-refractivity contribution in [2.45, 2.75) is 52.9 Å². The summed E-state index contributed by atoms with van der Waals surface area (Å²) in [5, 5.41) is 8.85. The third-order valence-corrected chi connectivity index (χ3v) is 5.66. The standard InChI is InChI=1S/C24H34ClN5O3/c1-6-11-30(12-10-26-15-31)22(32)14-20-19(13-21(27-20)24(3,4)5)29-23(33)28-18-9-7-8-17(25)16(18)2/h7-9,13,15,27H,6,10-12,14H2,1-5H3,(H,26,31)(H2,28,29,33). The Bertz CT molecular complexity index is 981. The van der Waals surface area contributed by atoms with Gasteiger partial charge in [-0.2, -0.15) is 0 Å². The van der Waals surface area contributed by atoms with E-state index in [1.807, 2.05) is 19.9 Å². The van der Waals surface area contributed by atoms with Gasteiger partial charge in [-0.3, -0.25) is 9.59 Å². The van der Waals surface area contributed by atoms with Crippen LogP contribution in [0.15, 0.2) is 24.3 Å². The summed E-state index contributed by atoms with van der Waals surface area (Å²) in [7, 11) is 0. The molecule has 4 N–H and O–H groups in total. The van der Waals surface area contributed by atoms with E-state index in [0.29, 0.717) is 48.1 Å². The molecular weight excluding hydrogens is 442 g/mol. The Labute approximate surface area is 200 Å². The molecule has 0 unspecified atom stereocenters. The van der Waals surface area contributed by atoms with Gasteiger partial charge in [0, 0.05) is 47.1 Å². The van der Waals surface area contributed by atoms with Crippen molar-refractivity contribution in [1.82, 2.24) is 15.2 Å². The number of hydrogen-bond acceptors (Lipinski definition) is 3. The molecule has 0 spiro atoms. The van der Waals surface area contributed by atoms with Gasteiger partial charge in [0.2, 0.25) is 12.3 Å². The Balaban J connectivity index is 2.22. The van der Waals surface area contributed by atoms with E-state index >= 15 is 0 Å². The summed E-state index contributed by atoms with van der Waals surface area (Å²) in [6, 6.07) is 6.75. The molecule has 0 aliphatic rings. The van der Waals surface area contributed by atoms with Crippen molar-refractivity contribution in [3.8, 4) is 0 Å². The molecule has 2 aromatic rings. The first-order chi connectivity index (χ1) is 15.6. The number of hydrogen-bond donors (Lipinski definition) is 4. The zero-order chi connectivity index (χ0) is 24.6. The van der Waals surface area contributed by atoms with E-state index in [2.05, 4.69) is 41.7 Å². The van der Waals surface area contributed by atoms with Gasteiger partial charge in [-0.15, -0.1) is 0 Å². The molecule has 8 nitrogen and oxygen atoms in total. The van der Waals surface area contributed by atoms with Crippen molar-refractivity contribution in [3.05, 3.63) is 46.2 Å². The number of halogens is 1. The van der Waals surface area contributed by atoms with Gasteiger partial charge >= 0.3 is 6.03 Å². The number of carbonyl (C=O) groups is 3. The van der Waals surface area contributed by atoms with Crippen LogP contribution in [0.1, 0.15) is 51.1 Å². The van der Waals surface area contributed by atoms with Gasteiger partial charge in [-0.25, -0.2) is 4.79 Å². The highest BCUT2D eigenvalue weighted by Crippen LogP contribution is 2.28. The summed E-state index contributed by atoms with van der Waals surface area (Å²) in [5.74, 6) is -0.0824. The van der Waals surface area contributed by atoms with E-state index in [1.54, 1.807) is 23.1 Å². The summed E-state index contributed by atoms with van der Waals surface area (Å²) in [6.45, 7) is 11.4. The van der Waals surface area contributed by atoms with E-state index in [9.17, 15) is 14.4 Å². The first-order valence-electron chi connectivity index (χ1n) is 11.1. The Morgan fingerprint density at radius 2 is 1.85 bits per heavy atom. The maximum absolute atomic E-state index is 13.0. The fourth-order valence-electron chi connectivity index (χ4n) is 3.32. The lowest BCUT2D eigenvalue weighted by atomic mass is 9.92. The Morgan fingerprint density at radius 1 is 1.15 bits per heavy atom. The number of nitrogens with one attached hydrogen (secondary N) is 4. The SMILES string of the molecule is CCCN(CCNC=O)C(=O)Cc1[nH]c(C(C)(C)C)cc1NC(=O)Nc1cccc(Cl)c1C. The minimum absolute atomic E-state index is 0.0824. The second-order valence-electron chi connectivity index (χ2n) is 8.95. The van der Waals surface area contributed by atoms with E-state index < -0.39 is 6.03 Å². The van der Waals surface area contributed by atoms with Crippen LogP contribution in [0.3, 0.4) is 0 Å². The molecule has 0 radical (unpaired) electrons. The van der Waals surface area contributed by atoms with Crippen molar-refractivity contribution in [2.75, 3.05) is 30.3 Å². The van der Waals surface area contributed by atoms with Gasteiger partial charge in [0.25, 0.3) is 0 Å². The van der Waals surface area contributed by atoms with Crippen molar-refractivity contribution in [1.29, 1.82) is 0 Å². The number of carbonyl (C=O) groups excluding carboxylic acids is 3. The van der Waals surface area contributed by atoms with Crippen molar-refractivity contribution in [2.24, 2.45) is 0 Å². The zero-order valence-electron chi connectivity index (χ0n) is 20.0. The van der Waals surface area contributed by atoms with Crippen LogP contribution in [0, 0.1) is 6.92 Å². The van der Waals surface area contributed by atoms with Crippen LogP contribution in [-0.4, -0.2) is 47.9 Å². The number of H-pyrrole nitrogens is 1. The van der Waals surface area contributed by atoms with Gasteiger partial charge in [-0.1, -0.05) is 45.4 Å². The van der Waals surface area contributed by atoms with Gasteiger partial charge in [-0.05, 0) is 37.1 Å². The second-order valence-corrected chi connectivity index (χ2v) is 9.35. The summed E-state index contributed by atoms with van der Waals surface area (Å²) in [5.41, 5.74) is 3.27. The van der Waals surface area contributed by atoms with E-state index in [1.165, 1.54) is 0 Å². The van der Waals surface area contributed by atoms with Crippen LogP contribution >= 0.6 is 11.6 Å². The maximum Gasteiger partial charge on any atom is 0.323 e. The fourth-order valence-corrected chi connectivity index (χ4v) is 3.50. The largest absolute Gasteiger partial charge is 0.360 e. The lowest BCUT2D eigenvalue weighted by molar-refractivity contribution is -0.130. The molecule has 1 aromatic heterocycles. The second kappa shape index (κ2) is 11.7. The van der Waals surface area contributed by atoms with Crippen molar-refractivity contribution in [3.63, 3.8) is 0 Å². The molecule has 0 atom stereocenters. The number of amides is 4. The number of aromatic nitrogens is 1. The molecule has 2 rings (SSSR count). The third-order valence-electron chi connectivity index (χ3n) is 5.26. The Hall–Kier alpha value is -3.00. The summed E-state index contributed by atoms with van der Waals surface area (Å²) in [4.78, 5) is 41.3. The summed E-state index contributed by atoms with van der Waals surface area (Å²) in [6.07, 6.45) is 1.53. The van der Waals surface area contributed by atoms with Crippen LogP contribution < -0.4 is 16.0 Å². The number of nitrogens with zero attached hydrogens (tertiary/aromatic N) is 1. The van der Waals surface area contributed by atoms with Crippen LogP contribution in [0.2, 0.25) is 5.02 Å².